The predicted octanol–water partition coefficient (Wildman–Crippen LogP) is 2.25. The standard InChI is InChI=1S/C14H25NO2/c1-16-12-5-4-8-14(9-12)11-15-10-13(17-14)6-2-3-7-13/h12,15H,2-11H2,1H3. The van der Waals surface area contributed by atoms with Crippen LogP contribution in [0.15, 0.2) is 0 Å². The first-order valence-electron chi connectivity index (χ1n) is 7.20. The van der Waals surface area contributed by atoms with Gasteiger partial charge in [0, 0.05) is 26.6 Å². The summed E-state index contributed by atoms with van der Waals surface area (Å²) in [4.78, 5) is 0. The first-order chi connectivity index (χ1) is 8.26. The molecule has 3 nitrogen and oxygen atoms in total. The zero-order chi connectivity index (χ0) is 11.8. The maximum atomic E-state index is 6.65. The lowest BCUT2D eigenvalue weighted by atomic mass is 9.80. The Morgan fingerprint density at radius 3 is 2.53 bits per heavy atom. The predicted molar refractivity (Wildman–Crippen MR) is 67.1 cm³/mol. The molecular weight excluding hydrogens is 214 g/mol. The van der Waals surface area contributed by atoms with Gasteiger partial charge in [-0.25, -0.2) is 0 Å². The molecule has 3 heteroatoms. The van der Waals surface area contributed by atoms with Gasteiger partial charge in [-0.2, -0.15) is 0 Å². The Labute approximate surface area is 104 Å². The van der Waals surface area contributed by atoms with E-state index in [2.05, 4.69) is 5.32 Å². The second-order valence-electron chi connectivity index (χ2n) is 6.23. The van der Waals surface area contributed by atoms with E-state index in [1.165, 1.54) is 44.9 Å². The molecule has 3 fully saturated rings. The number of morpholine rings is 1. The van der Waals surface area contributed by atoms with Crippen molar-refractivity contribution in [1.82, 2.24) is 5.32 Å². The van der Waals surface area contributed by atoms with Gasteiger partial charge in [0.15, 0.2) is 0 Å². The number of ether oxygens (including phenoxy) is 2. The van der Waals surface area contributed by atoms with Gasteiger partial charge >= 0.3 is 0 Å². The monoisotopic (exact) mass is 239 g/mol. The first-order valence-corrected chi connectivity index (χ1v) is 7.20. The van der Waals surface area contributed by atoms with E-state index >= 15 is 0 Å². The fourth-order valence-electron chi connectivity index (χ4n) is 4.07. The lowest BCUT2D eigenvalue weighted by molar-refractivity contribution is -0.202. The highest BCUT2D eigenvalue weighted by Gasteiger charge is 2.48. The van der Waals surface area contributed by atoms with E-state index in [0.717, 1.165) is 19.5 Å². The second kappa shape index (κ2) is 4.52. The summed E-state index contributed by atoms with van der Waals surface area (Å²) in [6.45, 7) is 2.08. The average molecular weight is 239 g/mol. The number of methoxy groups -OCH3 is 1. The quantitative estimate of drug-likeness (QED) is 0.761. The molecule has 0 aromatic rings. The molecule has 3 aliphatic rings. The van der Waals surface area contributed by atoms with Crippen LogP contribution in [0.1, 0.15) is 51.4 Å². The Hall–Kier alpha value is -0.120. The molecule has 0 aromatic heterocycles. The van der Waals surface area contributed by atoms with Crippen LogP contribution < -0.4 is 5.32 Å². The van der Waals surface area contributed by atoms with E-state index in [-0.39, 0.29) is 11.2 Å². The minimum atomic E-state index is 0.0709. The Kier molecular flexibility index (Phi) is 3.18. The van der Waals surface area contributed by atoms with Crippen molar-refractivity contribution in [3.05, 3.63) is 0 Å². The third-order valence-corrected chi connectivity index (χ3v) is 4.93. The largest absolute Gasteiger partial charge is 0.381 e. The van der Waals surface area contributed by atoms with Gasteiger partial charge in [0.2, 0.25) is 0 Å². The molecular formula is C14H25NO2. The number of rotatable bonds is 1. The third kappa shape index (κ3) is 2.25. The molecule has 0 amide bonds. The van der Waals surface area contributed by atoms with Gasteiger partial charge in [0.05, 0.1) is 17.3 Å². The highest BCUT2D eigenvalue weighted by atomic mass is 16.5. The minimum Gasteiger partial charge on any atom is -0.381 e. The Morgan fingerprint density at radius 2 is 1.76 bits per heavy atom. The van der Waals surface area contributed by atoms with Gasteiger partial charge in [-0.1, -0.05) is 12.8 Å². The van der Waals surface area contributed by atoms with Gasteiger partial charge in [0.25, 0.3) is 0 Å². The Morgan fingerprint density at radius 1 is 1.06 bits per heavy atom. The molecule has 2 aliphatic carbocycles. The highest BCUT2D eigenvalue weighted by molar-refractivity contribution is 5.01. The van der Waals surface area contributed by atoms with Crippen molar-refractivity contribution in [2.45, 2.75) is 68.7 Å². The van der Waals surface area contributed by atoms with Crippen LogP contribution in [0.5, 0.6) is 0 Å². The summed E-state index contributed by atoms with van der Waals surface area (Å²) < 4.78 is 12.2. The van der Waals surface area contributed by atoms with Crippen molar-refractivity contribution in [1.29, 1.82) is 0 Å². The average Bonchev–Trinajstić information content (AvgIpc) is 2.77. The van der Waals surface area contributed by atoms with E-state index in [1.807, 2.05) is 7.11 Å². The lowest BCUT2D eigenvalue weighted by Crippen LogP contribution is -2.61. The van der Waals surface area contributed by atoms with Crippen LogP contribution in [0.4, 0.5) is 0 Å². The van der Waals surface area contributed by atoms with E-state index in [0.29, 0.717) is 6.10 Å². The van der Waals surface area contributed by atoms with E-state index in [4.69, 9.17) is 9.47 Å². The van der Waals surface area contributed by atoms with Crippen molar-refractivity contribution in [3.8, 4) is 0 Å². The second-order valence-corrected chi connectivity index (χ2v) is 6.23. The van der Waals surface area contributed by atoms with Crippen molar-refractivity contribution < 1.29 is 9.47 Å². The summed E-state index contributed by atoms with van der Waals surface area (Å²) in [6, 6.07) is 0. The molecule has 0 radical (unpaired) electrons. The molecule has 1 N–H and O–H groups in total. The van der Waals surface area contributed by atoms with E-state index in [9.17, 15) is 0 Å². The van der Waals surface area contributed by atoms with Crippen LogP contribution in [0, 0.1) is 0 Å². The number of hydrogen-bond donors (Lipinski definition) is 1. The Balaban J connectivity index is 1.73. The van der Waals surface area contributed by atoms with Crippen molar-refractivity contribution in [2.75, 3.05) is 20.2 Å². The minimum absolute atomic E-state index is 0.0709. The molecule has 1 saturated heterocycles. The summed E-state index contributed by atoms with van der Waals surface area (Å²) >= 11 is 0. The number of nitrogens with one attached hydrogen (secondary N) is 1. The van der Waals surface area contributed by atoms with Crippen LogP contribution in [0.2, 0.25) is 0 Å². The zero-order valence-corrected chi connectivity index (χ0v) is 11.0. The molecule has 2 atom stereocenters. The fourth-order valence-corrected chi connectivity index (χ4v) is 4.07. The molecule has 17 heavy (non-hydrogen) atoms. The SMILES string of the molecule is COC1CCCC2(CNCC3(CCCC3)O2)C1. The topological polar surface area (TPSA) is 30.5 Å². The molecule has 1 heterocycles. The fraction of sp³-hybridized carbons (Fsp3) is 1.00. The van der Waals surface area contributed by atoms with E-state index < -0.39 is 0 Å². The maximum absolute atomic E-state index is 6.65. The molecule has 2 saturated carbocycles. The van der Waals surface area contributed by atoms with Gasteiger partial charge in [-0.15, -0.1) is 0 Å². The first kappa shape index (κ1) is 11.9. The van der Waals surface area contributed by atoms with Crippen LogP contribution in [-0.2, 0) is 9.47 Å². The van der Waals surface area contributed by atoms with E-state index in [1.54, 1.807) is 0 Å². The summed E-state index contributed by atoms with van der Waals surface area (Å²) in [5.41, 5.74) is 0.232. The highest BCUT2D eigenvalue weighted by Crippen LogP contribution is 2.43. The van der Waals surface area contributed by atoms with Gasteiger partial charge in [-0.05, 0) is 32.1 Å². The Bertz CT molecular complexity index is 271. The molecule has 1 aliphatic heterocycles. The van der Waals surface area contributed by atoms with Gasteiger partial charge < -0.3 is 14.8 Å². The third-order valence-electron chi connectivity index (χ3n) is 4.93. The van der Waals surface area contributed by atoms with Crippen molar-refractivity contribution in [3.63, 3.8) is 0 Å². The summed E-state index contributed by atoms with van der Waals surface area (Å²) in [7, 11) is 1.84. The summed E-state index contributed by atoms with van der Waals surface area (Å²) in [5.74, 6) is 0. The van der Waals surface area contributed by atoms with Gasteiger partial charge in [0.1, 0.15) is 0 Å². The van der Waals surface area contributed by atoms with Crippen molar-refractivity contribution in [2.24, 2.45) is 0 Å². The molecule has 0 bridgehead atoms. The number of hydrogen-bond acceptors (Lipinski definition) is 3. The summed E-state index contributed by atoms with van der Waals surface area (Å²) in [6.07, 6.45) is 10.3. The molecule has 98 valence electrons. The normalized spacial score (nSPS) is 41.1. The summed E-state index contributed by atoms with van der Waals surface area (Å²) in [5, 5.41) is 3.64. The maximum Gasteiger partial charge on any atom is 0.0839 e. The van der Waals surface area contributed by atoms with Crippen molar-refractivity contribution >= 4 is 0 Å². The van der Waals surface area contributed by atoms with Crippen LogP contribution >= 0.6 is 0 Å². The van der Waals surface area contributed by atoms with Gasteiger partial charge in [-0.3, -0.25) is 0 Å². The molecule has 2 unspecified atom stereocenters. The smallest absolute Gasteiger partial charge is 0.0839 e. The molecule has 2 spiro atoms. The van der Waals surface area contributed by atoms with Crippen LogP contribution in [-0.4, -0.2) is 37.5 Å². The zero-order valence-electron chi connectivity index (χ0n) is 11.0. The molecule has 0 aromatic carbocycles. The lowest BCUT2D eigenvalue weighted by Gasteiger charge is -2.50. The van der Waals surface area contributed by atoms with Crippen LogP contribution in [0.25, 0.3) is 0 Å². The van der Waals surface area contributed by atoms with Crippen LogP contribution in [0.3, 0.4) is 0 Å². The molecule has 3 rings (SSSR count).